The number of thiophene rings is 2. The Morgan fingerprint density at radius 1 is 1.11 bits per heavy atom. The third kappa shape index (κ3) is 2.85. The first-order chi connectivity index (χ1) is 8.65. The van der Waals surface area contributed by atoms with Crippen molar-refractivity contribution in [1.82, 2.24) is 5.32 Å². The zero-order chi connectivity index (χ0) is 13.1. The molecule has 1 atom stereocenters. The first-order valence-corrected chi connectivity index (χ1v) is 8.17. The fourth-order valence-electron chi connectivity index (χ4n) is 2.03. The summed E-state index contributed by atoms with van der Waals surface area (Å²) in [7, 11) is 0. The molecular formula is C15H21NS2. The van der Waals surface area contributed by atoms with Crippen LogP contribution in [-0.2, 0) is 6.42 Å². The quantitative estimate of drug-likeness (QED) is 0.837. The van der Waals surface area contributed by atoms with Gasteiger partial charge in [0.15, 0.2) is 0 Å². The van der Waals surface area contributed by atoms with Crippen LogP contribution in [0.15, 0.2) is 18.2 Å². The average Bonchev–Trinajstić information content (AvgIpc) is 2.94. The Kier molecular flexibility index (Phi) is 4.60. The van der Waals surface area contributed by atoms with E-state index in [-0.39, 0.29) is 0 Å². The fourth-order valence-corrected chi connectivity index (χ4v) is 4.29. The Labute approximate surface area is 118 Å². The average molecular weight is 279 g/mol. The summed E-state index contributed by atoms with van der Waals surface area (Å²) in [6.07, 6.45) is 1.13. The molecule has 0 aromatic carbocycles. The standard InChI is InChI=1S/C15H21NS2/c1-5-12-7-8-13(18-12)15(16-6-2)14-9-10(3)11(4)17-14/h7-9,15-16H,5-6H2,1-4H3. The number of aryl methyl sites for hydroxylation is 3. The van der Waals surface area contributed by atoms with E-state index < -0.39 is 0 Å². The molecule has 0 amide bonds. The Balaban J connectivity index is 2.32. The van der Waals surface area contributed by atoms with Crippen molar-refractivity contribution in [3.63, 3.8) is 0 Å². The molecule has 0 spiro atoms. The lowest BCUT2D eigenvalue weighted by Crippen LogP contribution is -2.20. The van der Waals surface area contributed by atoms with Crippen molar-refractivity contribution in [3.8, 4) is 0 Å². The van der Waals surface area contributed by atoms with Gasteiger partial charge in [0, 0.05) is 19.5 Å². The van der Waals surface area contributed by atoms with Crippen molar-refractivity contribution in [3.05, 3.63) is 43.3 Å². The Bertz CT molecular complexity index is 491. The Hall–Kier alpha value is -0.640. The zero-order valence-electron chi connectivity index (χ0n) is 11.5. The minimum atomic E-state index is 0.373. The van der Waals surface area contributed by atoms with Crippen LogP contribution in [-0.4, -0.2) is 6.54 Å². The molecule has 1 nitrogen and oxygen atoms in total. The van der Waals surface area contributed by atoms with Crippen molar-refractivity contribution in [2.45, 2.75) is 40.2 Å². The monoisotopic (exact) mass is 279 g/mol. The van der Waals surface area contributed by atoms with Crippen LogP contribution in [0.2, 0.25) is 0 Å². The zero-order valence-corrected chi connectivity index (χ0v) is 13.2. The normalized spacial score (nSPS) is 12.9. The van der Waals surface area contributed by atoms with E-state index in [2.05, 4.69) is 51.2 Å². The van der Waals surface area contributed by atoms with E-state index in [0.29, 0.717) is 6.04 Å². The van der Waals surface area contributed by atoms with Crippen LogP contribution in [0.4, 0.5) is 0 Å². The smallest absolute Gasteiger partial charge is 0.0765 e. The molecule has 0 aliphatic heterocycles. The summed E-state index contributed by atoms with van der Waals surface area (Å²) in [6, 6.07) is 7.25. The second-order valence-electron chi connectivity index (χ2n) is 4.54. The minimum absolute atomic E-state index is 0.373. The molecule has 18 heavy (non-hydrogen) atoms. The number of hydrogen-bond donors (Lipinski definition) is 1. The molecule has 0 saturated heterocycles. The maximum Gasteiger partial charge on any atom is 0.0765 e. The van der Waals surface area contributed by atoms with Gasteiger partial charge >= 0.3 is 0 Å². The van der Waals surface area contributed by atoms with Crippen molar-refractivity contribution in [2.75, 3.05) is 6.54 Å². The lowest BCUT2D eigenvalue weighted by molar-refractivity contribution is 0.648. The van der Waals surface area contributed by atoms with Crippen molar-refractivity contribution in [2.24, 2.45) is 0 Å². The molecule has 1 unspecified atom stereocenters. The highest BCUT2D eigenvalue weighted by Gasteiger charge is 2.17. The SMILES string of the molecule is CCNC(c1ccc(CC)s1)c1cc(C)c(C)s1. The van der Waals surface area contributed by atoms with Crippen molar-refractivity contribution < 1.29 is 0 Å². The summed E-state index contributed by atoms with van der Waals surface area (Å²) in [6.45, 7) is 9.80. The molecule has 0 bridgehead atoms. The predicted molar refractivity (Wildman–Crippen MR) is 83.0 cm³/mol. The van der Waals surface area contributed by atoms with E-state index in [1.807, 2.05) is 22.7 Å². The molecule has 0 fully saturated rings. The summed E-state index contributed by atoms with van der Waals surface area (Å²) < 4.78 is 0. The first kappa shape index (κ1) is 13.8. The number of hydrogen-bond acceptors (Lipinski definition) is 3. The Morgan fingerprint density at radius 3 is 2.39 bits per heavy atom. The molecular weight excluding hydrogens is 258 g/mol. The van der Waals surface area contributed by atoms with Gasteiger partial charge in [0.25, 0.3) is 0 Å². The molecule has 3 heteroatoms. The van der Waals surface area contributed by atoms with Gasteiger partial charge in [-0.15, -0.1) is 22.7 Å². The van der Waals surface area contributed by atoms with Gasteiger partial charge in [-0.3, -0.25) is 0 Å². The van der Waals surface area contributed by atoms with Crippen molar-refractivity contribution in [1.29, 1.82) is 0 Å². The van der Waals surface area contributed by atoms with Gasteiger partial charge < -0.3 is 5.32 Å². The molecule has 2 heterocycles. The highest BCUT2D eigenvalue weighted by Crippen LogP contribution is 2.34. The van der Waals surface area contributed by atoms with Gasteiger partial charge in [-0.2, -0.15) is 0 Å². The first-order valence-electron chi connectivity index (χ1n) is 6.54. The molecule has 2 aromatic rings. The molecule has 2 rings (SSSR count). The van der Waals surface area contributed by atoms with Crippen LogP contribution in [0, 0.1) is 13.8 Å². The van der Waals surface area contributed by atoms with Crippen molar-refractivity contribution >= 4 is 22.7 Å². The highest BCUT2D eigenvalue weighted by atomic mass is 32.1. The van der Waals surface area contributed by atoms with Crippen LogP contribution in [0.3, 0.4) is 0 Å². The van der Waals surface area contributed by atoms with Crippen LogP contribution in [0.5, 0.6) is 0 Å². The van der Waals surface area contributed by atoms with E-state index in [1.54, 1.807) is 0 Å². The summed E-state index contributed by atoms with van der Waals surface area (Å²) in [4.78, 5) is 5.78. The van der Waals surface area contributed by atoms with Gasteiger partial charge in [0.2, 0.25) is 0 Å². The second kappa shape index (κ2) is 6.00. The van der Waals surface area contributed by atoms with E-state index in [0.717, 1.165) is 13.0 Å². The molecule has 2 aromatic heterocycles. The second-order valence-corrected chi connectivity index (χ2v) is 7.02. The largest absolute Gasteiger partial charge is 0.305 e. The lowest BCUT2D eigenvalue weighted by Gasteiger charge is -2.14. The lowest BCUT2D eigenvalue weighted by atomic mass is 10.1. The van der Waals surface area contributed by atoms with Crippen LogP contribution in [0.25, 0.3) is 0 Å². The molecule has 0 radical (unpaired) electrons. The third-order valence-corrected chi connectivity index (χ3v) is 5.71. The van der Waals surface area contributed by atoms with Gasteiger partial charge in [0.1, 0.15) is 0 Å². The molecule has 0 saturated carbocycles. The van der Waals surface area contributed by atoms with Gasteiger partial charge in [-0.1, -0.05) is 13.8 Å². The molecule has 0 aliphatic carbocycles. The summed E-state index contributed by atoms with van der Waals surface area (Å²) >= 11 is 3.85. The van der Waals surface area contributed by atoms with Crippen LogP contribution >= 0.6 is 22.7 Å². The fraction of sp³-hybridized carbons (Fsp3) is 0.467. The molecule has 1 N–H and O–H groups in total. The van der Waals surface area contributed by atoms with E-state index in [4.69, 9.17) is 0 Å². The van der Waals surface area contributed by atoms with E-state index in [9.17, 15) is 0 Å². The number of nitrogens with one attached hydrogen (secondary N) is 1. The summed E-state index contributed by atoms with van der Waals surface area (Å²) in [5.41, 5.74) is 1.41. The van der Waals surface area contributed by atoms with Crippen LogP contribution < -0.4 is 5.32 Å². The predicted octanol–water partition coefficient (Wildman–Crippen LogP) is 4.69. The van der Waals surface area contributed by atoms with Gasteiger partial charge in [-0.25, -0.2) is 0 Å². The van der Waals surface area contributed by atoms with E-state index in [1.165, 1.54) is 25.1 Å². The molecule has 0 aliphatic rings. The Morgan fingerprint density at radius 2 is 1.89 bits per heavy atom. The maximum atomic E-state index is 3.61. The summed E-state index contributed by atoms with van der Waals surface area (Å²) in [5.74, 6) is 0. The topological polar surface area (TPSA) is 12.0 Å². The van der Waals surface area contributed by atoms with Crippen LogP contribution in [0.1, 0.15) is 45.0 Å². The number of rotatable bonds is 5. The van der Waals surface area contributed by atoms with Gasteiger partial charge in [-0.05, 0) is 50.6 Å². The minimum Gasteiger partial charge on any atom is -0.305 e. The third-order valence-electron chi connectivity index (χ3n) is 3.19. The van der Waals surface area contributed by atoms with E-state index >= 15 is 0 Å². The molecule has 98 valence electrons. The highest BCUT2D eigenvalue weighted by molar-refractivity contribution is 7.13. The summed E-state index contributed by atoms with van der Waals surface area (Å²) in [5, 5.41) is 3.61. The van der Waals surface area contributed by atoms with Gasteiger partial charge in [0.05, 0.1) is 6.04 Å². The maximum absolute atomic E-state index is 3.61.